The summed E-state index contributed by atoms with van der Waals surface area (Å²) in [5.74, 6) is 0. The van der Waals surface area contributed by atoms with Gasteiger partial charge in [-0.15, -0.1) is 0 Å². The average molecular weight is 249 g/mol. The number of nitrogens with one attached hydrogen (secondary N) is 2. The van der Waals surface area contributed by atoms with E-state index in [9.17, 15) is 4.79 Å². The summed E-state index contributed by atoms with van der Waals surface area (Å²) in [6, 6.07) is 9.19. The van der Waals surface area contributed by atoms with E-state index in [1.54, 1.807) is 0 Å². The first kappa shape index (κ1) is 12.9. The number of para-hydroxylation sites is 1. The maximum atomic E-state index is 11.6. The number of hydrogen-bond donors (Lipinski definition) is 2. The van der Waals surface area contributed by atoms with E-state index in [0.717, 1.165) is 25.4 Å². The Balaban J connectivity index is 1.71. The molecule has 0 aromatic heterocycles. The summed E-state index contributed by atoms with van der Waals surface area (Å²) in [6.45, 7) is 3.06. The SMILES string of the molecule is CN1CCOC(CNC(=O)Nc2ccccc2)C1. The Morgan fingerprint density at radius 3 is 2.94 bits per heavy atom. The van der Waals surface area contributed by atoms with E-state index in [-0.39, 0.29) is 12.1 Å². The molecule has 2 rings (SSSR count). The Morgan fingerprint density at radius 2 is 2.22 bits per heavy atom. The molecule has 2 N–H and O–H groups in total. The number of nitrogens with zero attached hydrogens (tertiary/aromatic N) is 1. The topological polar surface area (TPSA) is 53.6 Å². The van der Waals surface area contributed by atoms with Crippen LogP contribution in [0.4, 0.5) is 10.5 Å². The van der Waals surface area contributed by atoms with Crippen LogP contribution in [-0.4, -0.2) is 50.3 Å². The molecule has 0 spiro atoms. The third kappa shape index (κ3) is 4.01. The number of benzene rings is 1. The van der Waals surface area contributed by atoms with Crippen molar-refractivity contribution in [2.24, 2.45) is 0 Å². The fourth-order valence-corrected chi connectivity index (χ4v) is 1.89. The van der Waals surface area contributed by atoms with Crippen molar-refractivity contribution in [3.05, 3.63) is 30.3 Å². The van der Waals surface area contributed by atoms with Crippen LogP contribution in [0.5, 0.6) is 0 Å². The van der Waals surface area contributed by atoms with Crippen LogP contribution in [0.15, 0.2) is 30.3 Å². The van der Waals surface area contributed by atoms with Gasteiger partial charge in [0.2, 0.25) is 0 Å². The maximum absolute atomic E-state index is 11.6. The quantitative estimate of drug-likeness (QED) is 0.844. The highest BCUT2D eigenvalue weighted by atomic mass is 16.5. The van der Waals surface area contributed by atoms with Crippen LogP contribution in [-0.2, 0) is 4.74 Å². The number of ether oxygens (including phenoxy) is 1. The number of morpholine rings is 1. The van der Waals surface area contributed by atoms with E-state index in [1.165, 1.54) is 0 Å². The monoisotopic (exact) mass is 249 g/mol. The molecule has 1 aliphatic rings. The summed E-state index contributed by atoms with van der Waals surface area (Å²) in [6.07, 6.45) is 0.0743. The minimum Gasteiger partial charge on any atom is -0.374 e. The van der Waals surface area contributed by atoms with Gasteiger partial charge in [0.25, 0.3) is 0 Å². The second-order valence-corrected chi connectivity index (χ2v) is 4.46. The van der Waals surface area contributed by atoms with Crippen molar-refractivity contribution in [1.82, 2.24) is 10.2 Å². The van der Waals surface area contributed by atoms with E-state index in [0.29, 0.717) is 6.54 Å². The molecule has 0 saturated carbocycles. The van der Waals surface area contributed by atoms with Crippen molar-refractivity contribution in [3.63, 3.8) is 0 Å². The molecule has 2 amide bonds. The molecule has 5 heteroatoms. The molecule has 5 nitrogen and oxygen atoms in total. The molecule has 1 unspecified atom stereocenters. The average Bonchev–Trinajstić information content (AvgIpc) is 2.38. The number of rotatable bonds is 3. The summed E-state index contributed by atoms with van der Waals surface area (Å²) in [5, 5.41) is 5.59. The Bertz CT molecular complexity index is 383. The van der Waals surface area contributed by atoms with Gasteiger partial charge in [-0.1, -0.05) is 18.2 Å². The van der Waals surface area contributed by atoms with Gasteiger partial charge in [-0.2, -0.15) is 0 Å². The van der Waals surface area contributed by atoms with Gasteiger partial charge >= 0.3 is 6.03 Å². The zero-order chi connectivity index (χ0) is 12.8. The number of hydrogen-bond acceptors (Lipinski definition) is 3. The fourth-order valence-electron chi connectivity index (χ4n) is 1.89. The molecule has 1 aliphatic heterocycles. The number of carbonyl (C=O) groups is 1. The molecule has 0 bridgehead atoms. The number of urea groups is 1. The van der Waals surface area contributed by atoms with E-state index < -0.39 is 0 Å². The molecule has 1 atom stereocenters. The molecular weight excluding hydrogens is 230 g/mol. The molecule has 1 aromatic carbocycles. The van der Waals surface area contributed by atoms with Crippen LogP contribution in [0.3, 0.4) is 0 Å². The maximum Gasteiger partial charge on any atom is 0.319 e. The molecule has 1 heterocycles. The van der Waals surface area contributed by atoms with Gasteiger partial charge in [0.15, 0.2) is 0 Å². The van der Waals surface area contributed by atoms with Gasteiger partial charge < -0.3 is 20.3 Å². The van der Waals surface area contributed by atoms with Crippen molar-refractivity contribution in [2.75, 3.05) is 38.6 Å². The van der Waals surface area contributed by atoms with E-state index in [2.05, 4.69) is 22.6 Å². The second kappa shape index (κ2) is 6.37. The Labute approximate surface area is 107 Å². The second-order valence-electron chi connectivity index (χ2n) is 4.46. The first-order chi connectivity index (χ1) is 8.74. The lowest BCUT2D eigenvalue weighted by Gasteiger charge is -2.30. The van der Waals surface area contributed by atoms with Crippen molar-refractivity contribution in [3.8, 4) is 0 Å². The first-order valence-electron chi connectivity index (χ1n) is 6.14. The highest BCUT2D eigenvalue weighted by molar-refractivity contribution is 5.89. The van der Waals surface area contributed by atoms with Gasteiger partial charge in [-0.3, -0.25) is 0 Å². The molecule has 18 heavy (non-hydrogen) atoms. The van der Waals surface area contributed by atoms with Crippen LogP contribution in [0.25, 0.3) is 0 Å². The summed E-state index contributed by atoms with van der Waals surface area (Å²) in [5.41, 5.74) is 0.789. The highest BCUT2D eigenvalue weighted by Gasteiger charge is 2.17. The third-order valence-electron chi connectivity index (χ3n) is 2.86. The van der Waals surface area contributed by atoms with Crippen LogP contribution >= 0.6 is 0 Å². The van der Waals surface area contributed by atoms with Gasteiger partial charge in [0.1, 0.15) is 0 Å². The largest absolute Gasteiger partial charge is 0.374 e. The lowest BCUT2D eigenvalue weighted by molar-refractivity contribution is -0.0166. The van der Waals surface area contributed by atoms with Crippen molar-refractivity contribution in [1.29, 1.82) is 0 Å². The predicted molar refractivity (Wildman–Crippen MR) is 70.7 cm³/mol. The summed E-state index contributed by atoms with van der Waals surface area (Å²) in [7, 11) is 2.06. The van der Waals surface area contributed by atoms with Crippen LogP contribution in [0.2, 0.25) is 0 Å². The molecule has 1 fully saturated rings. The van der Waals surface area contributed by atoms with Gasteiger partial charge in [-0.25, -0.2) is 4.79 Å². The third-order valence-corrected chi connectivity index (χ3v) is 2.86. The molecular formula is C13H19N3O2. The van der Waals surface area contributed by atoms with E-state index in [4.69, 9.17) is 4.74 Å². The van der Waals surface area contributed by atoms with E-state index in [1.807, 2.05) is 30.3 Å². The molecule has 98 valence electrons. The standard InChI is InChI=1S/C13H19N3O2/c1-16-7-8-18-12(10-16)9-14-13(17)15-11-5-3-2-4-6-11/h2-6,12H,7-10H2,1H3,(H2,14,15,17). The number of amides is 2. The number of likely N-dealkylation sites (N-methyl/N-ethyl adjacent to an activating group) is 1. The summed E-state index contributed by atoms with van der Waals surface area (Å²) in [4.78, 5) is 13.8. The Hall–Kier alpha value is -1.59. The number of carbonyl (C=O) groups excluding carboxylic acids is 1. The minimum atomic E-state index is -0.196. The van der Waals surface area contributed by atoms with E-state index >= 15 is 0 Å². The zero-order valence-corrected chi connectivity index (χ0v) is 10.6. The number of anilines is 1. The van der Waals surface area contributed by atoms with Crippen LogP contribution in [0.1, 0.15) is 0 Å². The molecule has 1 aromatic rings. The molecule has 1 saturated heterocycles. The normalized spacial score (nSPS) is 20.4. The van der Waals surface area contributed by atoms with Crippen molar-refractivity contribution in [2.45, 2.75) is 6.10 Å². The first-order valence-corrected chi connectivity index (χ1v) is 6.14. The van der Waals surface area contributed by atoms with Crippen molar-refractivity contribution >= 4 is 11.7 Å². The lowest BCUT2D eigenvalue weighted by Crippen LogP contribution is -2.46. The van der Waals surface area contributed by atoms with Gasteiger partial charge in [-0.05, 0) is 19.2 Å². The molecule has 0 radical (unpaired) electrons. The predicted octanol–water partition coefficient (Wildman–Crippen LogP) is 1.14. The highest BCUT2D eigenvalue weighted by Crippen LogP contribution is 2.05. The minimum absolute atomic E-state index is 0.0743. The summed E-state index contributed by atoms with van der Waals surface area (Å²) >= 11 is 0. The Kier molecular flexibility index (Phi) is 4.55. The van der Waals surface area contributed by atoms with Gasteiger partial charge in [0, 0.05) is 25.3 Å². The summed E-state index contributed by atoms with van der Waals surface area (Å²) < 4.78 is 5.56. The Morgan fingerprint density at radius 1 is 1.44 bits per heavy atom. The lowest BCUT2D eigenvalue weighted by atomic mass is 10.3. The smallest absolute Gasteiger partial charge is 0.319 e. The molecule has 0 aliphatic carbocycles. The zero-order valence-electron chi connectivity index (χ0n) is 10.6. The fraction of sp³-hybridized carbons (Fsp3) is 0.462. The van der Waals surface area contributed by atoms with Crippen molar-refractivity contribution < 1.29 is 9.53 Å². The van der Waals surface area contributed by atoms with Gasteiger partial charge in [0.05, 0.1) is 12.7 Å². The van der Waals surface area contributed by atoms with Crippen LogP contribution in [0, 0.1) is 0 Å². The van der Waals surface area contributed by atoms with Crippen LogP contribution < -0.4 is 10.6 Å².